The van der Waals surface area contributed by atoms with Gasteiger partial charge < -0.3 is 4.42 Å². The molecule has 0 fully saturated rings. The van der Waals surface area contributed by atoms with Crippen LogP contribution in [0.5, 0.6) is 0 Å². The molecule has 0 spiro atoms. The van der Waals surface area contributed by atoms with Crippen LogP contribution in [-0.2, 0) is 0 Å². The van der Waals surface area contributed by atoms with Crippen LogP contribution in [0.4, 0.5) is 11.4 Å². The summed E-state index contributed by atoms with van der Waals surface area (Å²) in [4.78, 5) is 10.2. The van der Waals surface area contributed by atoms with Crippen molar-refractivity contribution in [3.63, 3.8) is 0 Å². The Morgan fingerprint density at radius 3 is 2.89 bits per heavy atom. The van der Waals surface area contributed by atoms with Crippen molar-refractivity contribution < 1.29 is 9.34 Å². The zero-order valence-electron chi connectivity index (χ0n) is 9.66. The Hall–Kier alpha value is -2.63. The maximum absolute atomic E-state index is 10.6. The highest BCUT2D eigenvalue weighted by Crippen LogP contribution is 2.17. The van der Waals surface area contributed by atoms with Crippen LogP contribution in [-0.4, -0.2) is 10.6 Å². The number of rotatable bonds is 4. The largest absolute Gasteiger partial charge is 0.463 e. The standard InChI is InChI=1S/C12H11N3O3/c1-9(12-6-3-7-18-12)13-14-10-4-2-5-11(8-10)15(16)17/h2-8,14H,1H3. The second kappa shape index (κ2) is 5.13. The predicted octanol–water partition coefficient (Wildman–Crippen LogP) is 3.02. The summed E-state index contributed by atoms with van der Waals surface area (Å²) in [6, 6.07) is 9.69. The van der Waals surface area contributed by atoms with Crippen LogP contribution < -0.4 is 5.43 Å². The Labute approximate surface area is 103 Å². The van der Waals surface area contributed by atoms with Crippen molar-refractivity contribution in [3.05, 3.63) is 58.5 Å². The van der Waals surface area contributed by atoms with Crippen LogP contribution in [0.3, 0.4) is 0 Å². The van der Waals surface area contributed by atoms with E-state index in [9.17, 15) is 10.1 Å². The highest BCUT2D eigenvalue weighted by Gasteiger charge is 2.05. The Kier molecular flexibility index (Phi) is 3.38. The van der Waals surface area contributed by atoms with Crippen LogP contribution in [0, 0.1) is 10.1 Å². The average Bonchev–Trinajstić information content (AvgIpc) is 2.90. The number of hydrogen-bond donors (Lipinski definition) is 1. The molecule has 2 aromatic rings. The van der Waals surface area contributed by atoms with E-state index in [1.807, 2.05) is 0 Å². The molecule has 6 nitrogen and oxygen atoms in total. The molecule has 0 aliphatic carbocycles. The number of nitrogens with zero attached hydrogens (tertiary/aromatic N) is 2. The molecule has 18 heavy (non-hydrogen) atoms. The van der Waals surface area contributed by atoms with Gasteiger partial charge in [0.2, 0.25) is 0 Å². The van der Waals surface area contributed by atoms with Gasteiger partial charge in [0.15, 0.2) is 0 Å². The van der Waals surface area contributed by atoms with Gasteiger partial charge in [-0.3, -0.25) is 15.5 Å². The summed E-state index contributed by atoms with van der Waals surface area (Å²) in [5, 5.41) is 14.7. The smallest absolute Gasteiger partial charge is 0.271 e. The third-order valence-electron chi connectivity index (χ3n) is 2.29. The van der Waals surface area contributed by atoms with Gasteiger partial charge in [0, 0.05) is 12.1 Å². The van der Waals surface area contributed by atoms with Gasteiger partial charge in [-0.05, 0) is 25.1 Å². The van der Waals surface area contributed by atoms with E-state index in [1.54, 1.807) is 37.5 Å². The molecule has 0 saturated carbocycles. The molecular weight excluding hydrogens is 234 g/mol. The SMILES string of the molecule is CC(=NNc1cccc([N+](=O)[O-])c1)c1ccco1. The number of hydrogen-bond acceptors (Lipinski definition) is 5. The molecule has 0 amide bonds. The number of benzene rings is 1. The van der Waals surface area contributed by atoms with E-state index < -0.39 is 4.92 Å². The fraction of sp³-hybridized carbons (Fsp3) is 0.0833. The van der Waals surface area contributed by atoms with Crippen LogP contribution in [0.2, 0.25) is 0 Å². The monoisotopic (exact) mass is 245 g/mol. The Morgan fingerprint density at radius 2 is 2.22 bits per heavy atom. The maximum atomic E-state index is 10.6. The molecule has 0 bridgehead atoms. The number of nitro benzene ring substituents is 1. The van der Waals surface area contributed by atoms with E-state index in [0.717, 1.165) is 0 Å². The molecule has 1 heterocycles. The second-order valence-corrected chi connectivity index (χ2v) is 3.59. The van der Waals surface area contributed by atoms with Crippen LogP contribution in [0.1, 0.15) is 12.7 Å². The molecular formula is C12H11N3O3. The first-order valence-electron chi connectivity index (χ1n) is 5.25. The van der Waals surface area contributed by atoms with Crippen LogP contribution in [0.15, 0.2) is 52.2 Å². The van der Waals surface area contributed by atoms with Gasteiger partial charge >= 0.3 is 0 Å². The fourth-order valence-corrected chi connectivity index (χ4v) is 1.38. The summed E-state index contributed by atoms with van der Waals surface area (Å²) in [5.74, 6) is 0.646. The van der Waals surface area contributed by atoms with Crippen molar-refractivity contribution in [1.29, 1.82) is 0 Å². The van der Waals surface area contributed by atoms with E-state index in [2.05, 4.69) is 10.5 Å². The van der Waals surface area contributed by atoms with Crippen molar-refractivity contribution in [2.45, 2.75) is 6.92 Å². The maximum Gasteiger partial charge on any atom is 0.271 e. The Balaban J connectivity index is 2.13. The third-order valence-corrected chi connectivity index (χ3v) is 2.29. The fourth-order valence-electron chi connectivity index (χ4n) is 1.38. The molecule has 0 unspecified atom stereocenters. The highest BCUT2D eigenvalue weighted by molar-refractivity contribution is 5.96. The minimum absolute atomic E-state index is 0.0193. The minimum atomic E-state index is -0.450. The number of non-ortho nitro benzene ring substituents is 1. The molecule has 6 heteroatoms. The highest BCUT2D eigenvalue weighted by atomic mass is 16.6. The van der Waals surface area contributed by atoms with Crippen molar-refractivity contribution in [1.82, 2.24) is 0 Å². The second-order valence-electron chi connectivity index (χ2n) is 3.59. The number of nitrogens with one attached hydrogen (secondary N) is 1. The number of hydrazone groups is 1. The van der Waals surface area contributed by atoms with Gasteiger partial charge in [-0.2, -0.15) is 5.10 Å². The van der Waals surface area contributed by atoms with Gasteiger partial charge in [-0.25, -0.2) is 0 Å². The molecule has 0 atom stereocenters. The Morgan fingerprint density at radius 1 is 1.39 bits per heavy atom. The van der Waals surface area contributed by atoms with Crippen molar-refractivity contribution >= 4 is 17.1 Å². The summed E-state index contributed by atoms with van der Waals surface area (Å²) < 4.78 is 5.17. The molecule has 1 N–H and O–H groups in total. The summed E-state index contributed by atoms with van der Waals surface area (Å²) in [5.41, 5.74) is 3.98. The predicted molar refractivity (Wildman–Crippen MR) is 67.6 cm³/mol. The normalized spacial score (nSPS) is 11.3. The lowest BCUT2D eigenvalue weighted by Gasteiger charge is -2.01. The molecule has 1 aromatic heterocycles. The number of anilines is 1. The quantitative estimate of drug-likeness (QED) is 0.510. The first-order valence-corrected chi connectivity index (χ1v) is 5.25. The van der Waals surface area contributed by atoms with Gasteiger partial charge in [-0.15, -0.1) is 0 Å². The summed E-state index contributed by atoms with van der Waals surface area (Å²) in [6.07, 6.45) is 1.56. The lowest BCUT2D eigenvalue weighted by molar-refractivity contribution is -0.384. The zero-order valence-corrected chi connectivity index (χ0v) is 9.66. The first-order chi connectivity index (χ1) is 8.66. The van der Waals surface area contributed by atoms with Crippen LogP contribution in [0.25, 0.3) is 0 Å². The van der Waals surface area contributed by atoms with E-state index in [0.29, 0.717) is 17.2 Å². The van der Waals surface area contributed by atoms with Gasteiger partial charge in [-0.1, -0.05) is 6.07 Å². The molecule has 0 radical (unpaired) electrons. The minimum Gasteiger partial charge on any atom is -0.463 e. The molecule has 0 saturated heterocycles. The van der Waals surface area contributed by atoms with E-state index in [-0.39, 0.29) is 5.69 Å². The molecule has 1 aromatic carbocycles. The summed E-state index contributed by atoms with van der Waals surface area (Å²) in [7, 11) is 0. The van der Waals surface area contributed by atoms with E-state index in [1.165, 1.54) is 12.1 Å². The first kappa shape index (κ1) is 11.8. The topological polar surface area (TPSA) is 80.7 Å². The lowest BCUT2D eigenvalue weighted by Crippen LogP contribution is -1.98. The van der Waals surface area contributed by atoms with Crippen molar-refractivity contribution in [2.24, 2.45) is 5.10 Å². The number of nitro groups is 1. The lowest BCUT2D eigenvalue weighted by atomic mass is 10.3. The van der Waals surface area contributed by atoms with E-state index >= 15 is 0 Å². The van der Waals surface area contributed by atoms with Gasteiger partial charge in [0.1, 0.15) is 11.5 Å². The van der Waals surface area contributed by atoms with Crippen LogP contribution >= 0.6 is 0 Å². The third kappa shape index (κ3) is 2.73. The zero-order chi connectivity index (χ0) is 13.0. The molecule has 92 valence electrons. The molecule has 2 rings (SSSR count). The van der Waals surface area contributed by atoms with E-state index in [4.69, 9.17) is 4.42 Å². The van der Waals surface area contributed by atoms with Crippen molar-refractivity contribution in [2.75, 3.05) is 5.43 Å². The Bertz CT molecular complexity index is 576. The molecule has 0 aliphatic rings. The van der Waals surface area contributed by atoms with Gasteiger partial charge in [0.25, 0.3) is 5.69 Å². The average molecular weight is 245 g/mol. The molecule has 0 aliphatic heterocycles. The summed E-state index contributed by atoms with van der Waals surface area (Å²) in [6.45, 7) is 1.78. The van der Waals surface area contributed by atoms with Gasteiger partial charge in [0.05, 0.1) is 16.9 Å². The summed E-state index contributed by atoms with van der Waals surface area (Å²) >= 11 is 0. The van der Waals surface area contributed by atoms with Crippen molar-refractivity contribution in [3.8, 4) is 0 Å². The number of furan rings is 1.